The molecule has 2 aromatic carbocycles. The summed E-state index contributed by atoms with van der Waals surface area (Å²) in [5.41, 5.74) is 2.69. The second-order valence-corrected chi connectivity index (χ2v) is 7.05. The lowest BCUT2D eigenvalue weighted by molar-refractivity contribution is -0.385. The van der Waals surface area contributed by atoms with Crippen molar-refractivity contribution < 1.29 is 23.9 Å². The van der Waals surface area contributed by atoms with Crippen molar-refractivity contribution in [3.63, 3.8) is 0 Å². The molecule has 3 rings (SSSR count). The van der Waals surface area contributed by atoms with Crippen LogP contribution < -0.4 is 19.5 Å². The van der Waals surface area contributed by atoms with Crippen LogP contribution in [0.5, 0.6) is 17.2 Å². The Morgan fingerprint density at radius 2 is 2.03 bits per heavy atom. The molecule has 0 saturated carbocycles. The van der Waals surface area contributed by atoms with E-state index in [2.05, 4.69) is 5.32 Å². The Morgan fingerprint density at radius 3 is 2.72 bits per heavy atom. The lowest BCUT2D eigenvalue weighted by Crippen LogP contribution is -2.21. The van der Waals surface area contributed by atoms with Crippen molar-refractivity contribution in [1.82, 2.24) is 0 Å². The third-order valence-electron chi connectivity index (χ3n) is 4.52. The third-order valence-corrected chi connectivity index (χ3v) is 4.52. The molecule has 0 radical (unpaired) electrons. The molecule has 8 nitrogen and oxygen atoms in total. The number of amides is 1. The van der Waals surface area contributed by atoms with E-state index in [1.54, 1.807) is 26.0 Å². The van der Waals surface area contributed by atoms with Gasteiger partial charge in [0, 0.05) is 24.1 Å². The second-order valence-electron chi connectivity index (χ2n) is 7.05. The van der Waals surface area contributed by atoms with Gasteiger partial charge in [-0.15, -0.1) is 0 Å². The highest BCUT2D eigenvalue weighted by Gasteiger charge is 2.23. The molecule has 1 N–H and O–H groups in total. The largest absolute Gasteiger partial charge is 0.492 e. The number of anilines is 1. The monoisotopic (exact) mass is 400 g/mol. The second kappa shape index (κ2) is 8.38. The SMILES string of the molecule is CCOc1cc2c(cc1NC(=O)COc1c(C)cc(C)cc1[N+](=O)[O-])O[C@H](C)C2. The summed E-state index contributed by atoms with van der Waals surface area (Å²) < 4.78 is 16.9. The topological polar surface area (TPSA) is 99.9 Å². The molecule has 0 bridgehead atoms. The van der Waals surface area contributed by atoms with Gasteiger partial charge in [-0.05, 0) is 44.9 Å². The van der Waals surface area contributed by atoms with Crippen LogP contribution in [0, 0.1) is 24.0 Å². The number of nitrogens with one attached hydrogen (secondary N) is 1. The number of nitro groups is 1. The van der Waals surface area contributed by atoms with E-state index >= 15 is 0 Å². The standard InChI is InChI=1S/C21H24N2O6/c1-5-27-19-9-15-8-14(4)29-18(15)10-16(19)22-20(24)11-28-21-13(3)6-12(2)7-17(21)23(25)26/h6-7,9-10,14H,5,8,11H2,1-4H3,(H,22,24)/t14-/m1/s1. The van der Waals surface area contributed by atoms with E-state index in [-0.39, 0.29) is 24.1 Å². The molecule has 0 aromatic heterocycles. The van der Waals surface area contributed by atoms with Gasteiger partial charge in [0.25, 0.3) is 5.91 Å². The molecule has 1 atom stereocenters. The maximum absolute atomic E-state index is 12.5. The fraction of sp³-hybridized carbons (Fsp3) is 0.381. The van der Waals surface area contributed by atoms with Crippen LogP contribution in [-0.2, 0) is 11.2 Å². The highest BCUT2D eigenvalue weighted by Crippen LogP contribution is 2.38. The van der Waals surface area contributed by atoms with Crippen LogP contribution in [0.2, 0.25) is 0 Å². The molecule has 1 aliphatic heterocycles. The molecule has 2 aromatic rings. The molecule has 1 amide bonds. The lowest BCUT2D eigenvalue weighted by Gasteiger charge is -2.14. The Balaban J connectivity index is 1.75. The zero-order valence-corrected chi connectivity index (χ0v) is 16.9. The molecule has 1 aliphatic rings. The van der Waals surface area contributed by atoms with E-state index < -0.39 is 10.8 Å². The normalized spacial score (nSPS) is 14.7. The summed E-state index contributed by atoms with van der Waals surface area (Å²) in [5, 5.41) is 14.1. The fourth-order valence-corrected chi connectivity index (χ4v) is 3.39. The molecule has 0 fully saturated rings. The first-order chi connectivity index (χ1) is 13.8. The number of hydrogen-bond donors (Lipinski definition) is 1. The molecule has 1 heterocycles. The van der Waals surface area contributed by atoms with Gasteiger partial charge < -0.3 is 19.5 Å². The number of carbonyl (C=O) groups is 1. The van der Waals surface area contributed by atoms with Crippen molar-refractivity contribution in [2.45, 2.75) is 40.2 Å². The molecule has 8 heteroatoms. The Bertz CT molecular complexity index is 957. The van der Waals surface area contributed by atoms with Gasteiger partial charge in [0.15, 0.2) is 6.61 Å². The van der Waals surface area contributed by atoms with Crippen molar-refractivity contribution in [3.05, 3.63) is 51.1 Å². The van der Waals surface area contributed by atoms with Crippen molar-refractivity contribution in [1.29, 1.82) is 0 Å². The number of nitro benzene ring substituents is 1. The first-order valence-electron chi connectivity index (χ1n) is 9.43. The van der Waals surface area contributed by atoms with Gasteiger partial charge in [0.05, 0.1) is 17.2 Å². The van der Waals surface area contributed by atoms with Crippen LogP contribution in [0.4, 0.5) is 11.4 Å². The average molecular weight is 400 g/mol. The zero-order valence-electron chi connectivity index (χ0n) is 16.9. The maximum atomic E-state index is 12.5. The minimum absolute atomic E-state index is 0.0684. The molecular formula is C21H24N2O6. The number of hydrogen-bond acceptors (Lipinski definition) is 6. The van der Waals surface area contributed by atoms with Crippen molar-refractivity contribution in [2.24, 2.45) is 0 Å². The number of ether oxygens (including phenoxy) is 3. The number of aryl methyl sites for hydroxylation is 2. The summed E-state index contributed by atoms with van der Waals surface area (Å²) in [6.45, 7) is 7.39. The summed E-state index contributed by atoms with van der Waals surface area (Å²) >= 11 is 0. The van der Waals surface area contributed by atoms with E-state index in [1.807, 2.05) is 19.9 Å². The van der Waals surface area contributed by atoms with Gasteiger partial charge >= 0.3 is 5.69 Å². The van der Waals surface area contributed by atoms with Crippen LogP contribution in [0.1, 0.15) is 30.5 Å². The Hall–Kier alpha value is -3.29. The van der Waals surface area contributed by atoms with Gasteiger partial charge in [0.2, 0.25) is 5.75 Å². The Kier molecular flexibility index (Phi) is 5.91. The third kappa shape index (κ3) is 4.59. The predicted molar refractivity (Wildman–Crippen MR) is 108 cm³/mol. The number of benzene rings is 2. The number of fused-ring (bicyclic) bond motifs is 1. The van der Waals surface area contributed by atoms with Gasteiger partial charge in [-0.3, -0.25) is 14.9 Å². The van der Waals surface area contributed by atoms with Crippen LogP contribution in [0.15, 0.2) is 24.3 Å². The Labute approximate surface area is 168 Å². The lowest BCUT2D eigenvalue weighted by atomic mass is 10.1. The van der Waals surface area contributed by atoms with Crippen molar-refractivity contribution in [3.8, 4) is 17.2 Å². The van der Waals surface area contributed by atoms with Gasteiger partial charge in [-0.2, -0.15) is 0 Å². The van der Waals surface area contributed by atoms with Crippen LogP contribution in [0.25, 0.3) is 0 Å². The summed E-state index contributed by atoms with van der Waals surface area (Å²) in [6, 6.07) is 6.80. The van der Waals surface area contributed by atoms with E-state index in [0.717, 1.165) is 17.5 Å². The van der Waals surface area contributed by atoms with E-state index in [0.29, 0.717) is 29.4 Å². The predicted octanol–water partition coefficient (Wildman–Crippen LogP) is 3.95. The number of rotatable bonds is 7. The summed E-state index contributed by atoms with van der Waals surface area (Å²) in [4.78, 5) is 23.3. The van der Waals surface area contributed by atoms with Crippen molar-refractivity contribution in [2.75, 3.05) is 18.5 Å². The minimum Gasteiger partial charge on any atom is -0.492 e. The van der Waals surface area contributed by atoms with Crippen molar-refractivity contribution >= 4 is 17.3 Å². The summed E-state index contributed by atoms with van der Waals surface area (Å²) in [5.74, 6) is 0.898. The van der Waals surface area contributed by atoms with Crippen LogP contribution >= 0.6 is 0 Å². The quantitative estimate of drug-likeness (QED) is 0.558. The number of carbonyl (C=O) groups excluding carboxylic acids is 1. The van der Waals surface area contributed by atoms with Crippen LogP contribution in [-0.4, -0.2) is 30.1 Å². The zero-order chi connectivity index (χ0) is 21.1. The molecule has 0 aliphatic carbocycles. The fourth-order valence-electron chi connectivity index (χ4n) is 3.39. The first-order valence-corrected chi connectivity index (χ1v) is 9.43. The first kappa shape index (κ1) is 20.4. The molecule has 29 heavy (non-hydrogen) atoms. The van der Waals surface area contributed by atoms with E-state index in [1.165, 1.54) is 6.07 Å². The smallest absolute Gasteiger partial charge is 0.311 e. The average Bonchev–Trinajstić information content (AvgIpc) is 2.99. The summed E-state index contributed by atoms with van der Waals surface area (Å²) in [6.07, 6.45) is 0.849. The van der Waals surface area contributed by atoms with E-state index in [4.69, 9.17) is 14.2 Å². The highest BCUT2D eigenvalue weighted by atomic mass is 16.6. The molecule has 0 spiro atoms. The van der Waals surface area contributed by atoms with Gasteiger partial charge in [-0.1, -0.05) is 6.07 Å². The maximum Gasteiger partial charge on any atom is 0.311 e. The molecule has 154 valence electrons. The Morgan fingerprint density at radius 1 is 1.28 bits per heavy atom. The molecule has 0 unspecified atom stereocenters. The molecular weight excluding hydrogens is 376 g/mol. The van der Waals surface area contributed by atoms with Gasteiger partial charge in [-0.25, -0.2) is 0 Å². The van der Waals surface area contributed by atoms with Gasteiger partial charge in [0.1, 0.15) is 17.6 Å². The molecule has 0 saturated heterocycles. The minimum atomic E-state index is -0.514. The van der Waals surface area contributed by atoms with E-state index in [9.17, 15) is 14.9 Å². The number of nitrogens with zero attached hydrogens (tertiary/aromatic N) is 1. The van der Waals surface area contributed by atoms with Crippen LogP contribution in [0.3, 0.4) is 0 Å². The summed E-state index contributed by atoms with van der Waals surface area (Å²) in [7, 11) is 0. The highest BCUT2D eigenvalue weighted by molar-refractivity contribution is 5.94.